The molecule has 1 unspecified atom stereocenters. The minimum Gasteiger partial charge on any atom is -0.480 e. The van der Waals surface area contributed by atoms with Crippen molar-refractivity contribution in [2.75, 3.05) is 6.54 Å². The smallest absolute Gasteiger partial charge is 0.326 e. The number of amides is 1. The molecule has 1 fully saturated rings. The number of aryl methyl sites for hydroxylation is 1. The zero-order valence-electron chi connectivity index (χ0n) is 11.4. The molecule has 1 aliphatic rings. The van der Waals surface area contributed by atoms with Crippen molar-refractivity contribution in [2.24, 2.45) is 7.05 Å². The maximum Gasteiger partial charge on any atom is 0.326 e. The van der Waals surface area contributed by atoms with E-state index in [1.807, 2.05) is 13.2 Å². The lowest BCUT2D eigenvalue weighted by Gasteiger charge is -2.20. The second-order valence-corrected chi connectivity index (χ2v) is 5.79. The number of carbonyl (C=O) groups is 2. The number of hydrogen-bond acceptors (Lipinski definition) is 5. The molecule has 2 aromatic heterocycles. The van der Waals surface area contributed by atoms with Crippen LogP contribution in [0.1, 0.15) is 23.3 Å². The van der Waals surface area contributed by atoms with Gasteiger partial charge in [0.15, 0.2) is 0 Å². The predicted octanol–water partition coefficient (Wildman–Crippen LogP) is 1.23. The van der Waals surface area contributed by atoms with Gasteiger partial charge in [-0.25, -0.2) is 9.78 Å². The van der Waals surface area contributed by atoms with Crippen molar-refractivity contribution in [3.8, 4) is 10.6 Å². The lowest BCUT2D eigenvalue weighted by molar-refractivity contribution is -0.141. The first-order valence-corrected chi connectivity index (χ1v) is 7.42. The summed E-state index contributed by atoms with van der Waals surface area (Å²) in [7, 11) is 1.81. The molecule has 0 radical (unpaired) electrons. The second-order valence-electron chi connectivity index (χ2n) is 4.94. The van der Waals surface area contributed by atoms with Crippen LogP contribution in [0.5, 0.6) is 0 Å². The van der Waals surface area contributed by atoms with Gasteiger partial charge in [0.25, 0.3) is 5.91 Å². The highest BCUT2D eigenvalue weighted by Gasteiger charge is 2.35. The molecule has 0 aromatic carbocycles. The lowest BCUT2D eigenvalue weighted by atomic mass is 10.2. The number of nitrogens with zero attached hydrogens (tertiary/aromatic N) is 4. The van der Waals surface area contributed by atoms with E-state index >= 15 is 0 Å². The lowest BCUT2D eigenvalue weighted by Crippen LogP contribution is -2.40. The van der Waals surface area contributed by atoms with Crippen molar-refractivity contribution in [1.82, 2.24) is 19.7 Å². The monoisotopic (exact) mass is 306 g/mol. The van der Waals surface area contributed by atoms with Crippen LogP contribution < -0.4 is 0 Å². The van der Waals surface area contributed by atoms with E-state index in [1.165, 1.54) is 16.2 Å². The number of carboxylic acid groups (broad SMARTS) is 1. The van der Waals surface area contributed by atoms with Gasteiger partial charge in [-0.05, 0) is 12.8 Å². The van der Waals surface area contributed by atoms with Crippen LogP contribution in [0.2, 0.25) is 0 Å². The normalized spacial score (nSPS) is 18.1. The Hall–Kier alpha value is -2.22. The molecular weight excluding hydrogens is 292 g/mol. The van der Waals surface area contributed by atoms with Crippen LogP contribution in [0, 0.1) is 0 Å². The van der Waals surface area contributed by atoms with Crippen LogP contribution >= 0.6 is 11.3 Å². The molecule has 1 aliphatic heterocycles. The minimum absolute atomic E-state index is 0.298. The van der Waals surface area contributed by atoms with Crippen molar-refractivity contribution in [3.05, 3.63) is 23.5 Å². The fourth-order valence-electron chi connectivity index (χ4n) is 2.45. The molecular formula is C13H14N4O3S. The van der Waals surface area contributed by atoms with Crippen LogP contribution in [0.4, 0.5) is 0 Å². The third-order valence-corrected chi connectivity index (χ3v) is 4.37. The Morgan fingerprint density at radius 1 is 1.48 bits per heavy atom. The van der Waals surface area contributed by atoms with E-state index < -0.39 is 12.0 Å². The third kappa shape index (κ3) is 2.54. The van der Waals surface area contributed by atoms with E-state index in [-0.39, 0.29) is 5.91 Å². The maximum atomic E-state index is 12.4. The molecule has 0 bridgehead atoms. The van der Waals surface area contributed by atoms with Gasteiger partial charge in [-0.2, -0.15) is 5.10 Å². The quantitative estimate of drug-likeness (QED) is 0.921. The van der Waals surface area contributed by atoms with Gasteiger partial charge in [0.2, 0.25) is 0 Å². The summed E-state index contributed by atoms with van der Waals surface area (Å²) in [6.07, 6.45) is 4.72. The van der Waals surface area contributed by atoms with Gasteiger partial charge in [0, 0.05) is 30.7 Å². The van der Waals surface area contributed by atoms with Crippen molar-refractivity contribution in [3.63, 3.8) is 0 Å². The van der Waals surface area contributed by atoms with E-state index in [2.05, 4.69) is 10.1 Å². The maximum absolute atomic E-state index is 12.4. The molecule has 1 amide bonds. The van der Waals surface area contributed by atoms with Gasteiger partial charge < -0.3 is 10.0 Å². The Morgan fingerprint density at radius 2 is 2.29 bits per heavy atom. The first kappa shape index (κ1) is 13.7. The van der Waals surface area contributed by atoms with Gasteiger partial charge in [-0.3, -0.25) is 9.48 Å². The molecule has 7 nitrogen and oxygen atoms in total. The summed E-state index contributed by atoms with van der Waals surface area (Å²) in [5.41, 5.74) is 1.14. The van der Waals surface area contributed by atoms with E-state index in [4.69, 9.17) is 5.11 Å². The molecule has 21 heavy (non-hydrogen) atoms. The number of carboxylic acids is 1. The number of likely N-dealkylation sites (tertiary alicyclic amines) is 1. The van der Waals surface area contributed by atoms with E-state index in [9.17, 15) is 9.59 Å². The molecule has 3 rings (SSSR count). The standard InChI is InChI=1S/C13H14N4O3S/c1-16-6-8(5-14-16)11-15-9(7-21-11)12(18)17-4-2-3-10(17)13(19)20/h5-7,10H,2-4H2,1H3,(H,19,20). The van der Waals surface area contributed by atoms with Crippen LogP contribution in [0.3, 0.4) is 0 Å². The highest BCUT2D eigenvalue weighted by atomic mass is 32.1. The molecule has 0 saturated carbocycles. The van der Waals surface area contributed by atoms with Gasteiger partial charge in [-0.1, -0.05) is 0 Å². The summed E-state index contributed by atoms with van der Waals surface area (Å²) < 4.78 is 1.67. The van der Waals surface area contributed by atoms with Gasteiger partial charge in [0.05, 0.1) is 6.20 Å². The highest BCUT2D eigenvalue weighted by molar-refractivity contribution is 7.13. The highest BCUT2D eigenvalue weighted by Crippen LogP contribution is 2.26. The van der Waals surface area contributed by atoms with Crippen LogP contribution in [0.15, 0.2) is 17.8 Å². The Bertz CT molecular complexity index is 693. The Balaban J connectivity index is 1.83. The third-order valence-electron chi connectivity index (χ3n) is 3.47. The van der Waals surface area contributed by atoms with Gasteiger partial charge in [0.1, 0.15) is 16.7 Å². The first-order valence-electron chi connectivity index (χ1n) is 6.54. The minimum atomic E-state index is -0.955. The number of aromatic nitrogens is 3. The molecule has 8 heteroatoms. The molecule has 1 saturated heterocycles. The molecule has 110 valence electrons. The summed E-state index contributed by atoms with van der Waals surface area (Å²) in [5, 5.41) is 15.6. The van der Waals surface area contributed by atoms with E-state index in [1.54, 1.807) is 16.3 Å². The topological polar surface area (TPSA) is 88.3 Å². The first-order chi connectivity index (χ1) is 10.1. The van der Waals surface area contributed by atoms with Crippen molar-refractivity contribution >= 4 is 23.2 Å². The largest absolute Gasteiger partial charge is 0.480 e. The molecule has 3 heterocycles. The Kier molecular flexibility index (Phi) is 3.46. The number of hydrogen-bond donors (Lipinski definition) is 1. The van der Waals surface area contributed by atoms with Gasteiger partial charge in [-0.15, -0.1) is 11.3 Å². The number of rotatable bonds is 3. The average Bonchev–Trinajstić information content (AvgIpc) is 3.17. The second kappa shape index (κ2) is 5.28. The summed E-state index contributed by atoms with van der Waals surface area (Å²) in [5.74, 6) is -1.27. The average molecular weight is 306 g/mol. The zero-order chi connectivity index (χ0) is 15.0. The zero-order valence-corrected chi connectivity index (χ0v) is 12.2. The fourth-order valence-corrected chi connectivity index (χ4v) is 3.22. The molecule has 0 aliphatic carbocycles. The van der Waals surface area contributed by atoms with Crippen molar-refractivity contribution in [1.29, 1.82) is 0 Å². The van der Waals surface area contributed by atoms with Crippen LogP contribution in [-0.4, -0.2) is 49.2 Å². The van der Waals surface area contributed by atoms with Gasteiger partial charge >= 0.3 is 5.97 Å². The van der Waals surface area contributed by atoms with E-state index in [0.717, 1.165) is 5.56 Å². The number of carbonyl (C=O) groups excluding carboxylic acids is 1. The fraction of sp³-hybridized carbons (Fsp3) is 0.385. The molecule has 1 atom stereocenters. The summed E-state index contributed by atoms with van der Waals surface area (Å²) in [4.78, 5) is 29.3. The number of thiazole rings is 1. The predicted molar refractivity (Wildman–Crippen MR) is 76.0 cm³/mol. The summed E-state index contributed by atoms with van der Waals surface area (Å²) in [6.45, 7) is 0.468. The van der Waals surface area contributed by atoms with Crippen molar-refractivity contribution < 1.29 is 14.7 Å². The summed E-state index contributed by atoms with van der Waals surface area (Å²) >= 11 is 1.35. The van der Waals surface area contributed by atoms with Crippen molar-refractivity contribution in [2.45, 2.75) is 18.9 Å². The van der Waals surface area contributed by atoms with Crippen LogP contribution in [0.25, 0.3) is 10.6 Å². The Morgan fingerprint density at radius 3 is 2.95 bits per heavy atom. The molecule has 1 N–H and O–H groups in total. The SMILES string of the molecule is Cn1cc(-c2nc(C(=O)N3CCCC3C(=O)O)cs2)cn1. The number of aliphatic carboxylic acids is 1. The van der Waals surface area contributed by atoms with E-state index in [0.29, 0.717) is 30.1 Å². The van der Waals surface area contributed by atoms with Crippen LogP contribution in [-0.2, 0) is 11.8 Å². The molecule has 2 aromatic rings. The Labute approximate surface area is 124 Å². The molecule has 0 spiro atoms. The summed E-state index contributed by atoms with van der Waals surface area (Å²) in [6, 6.07) is -0.735.